The van der Waals surface area contributed by atoms with Gasteiger partial charge in [-0.15, -0.1) is 15.3 Å². The van der Waals surface area contributed by atoms with E-state index in [4.69, 9.17) is 9.47 Å². The van der Waals surface area contributed by atoms with Gasteiger partial charge in [0.25, 0.3) is 5.56 Å². The SMILES string of the molecule is COc1ccc(-n2c(SCn3nnc4ccccc4c3=O)nnc2-c2ccccc2)cc1OC. The summed E-state index contributed by atoms with van der Waals surface area (Å²) in [7, 11) is 3.18. The zero-order valence-electron chi connectivity index (χ0n) is 18.5. The van der Waals surface area contributed by atoms with E-state index in [9.17, 15) is 4.79 Å². The summed E-state index contributed by atoms with van der Waals surface area (Å²) in [5, 5.41) is 18.2. The lowest BCUT2D eigenvalue weighted by Crippen LogP contribution is -2.23. The lowest BCUT2D eigenvalue weighted by atomic mass is 10.2. The predicted molar refractivity (Wildman–Crippen MR) is 130 cm³/mol. The van der Waals surface area contributed by atoms with Crippen molar-refractivity contribution in [3.8, 4) is 28.6 Å². The van der Waals surface area contributed by atoms with E-state index in [1.165, 1.54) is 16.4 Å². The van der Waals surface area contributed by atoms with Gasteiger partial charge in [0.15, 0.2) is 22.5 Å². The molecule has 2 aromatic heterocycles. The average molecular weight is 473 g/mol. The number of fused-ring (bicyclic) bond motifs is 1. The van der Waals surface area contributed by atoms with Crippen LogP contribution in [0.1, 0.15) is 0 Å². The van der Waals surface area contributed by atoms with Crippen molar-refractivity contribution in [2.75, 3.05) is 14.2 Å². The molecular formula is C24H20N6O3S. The van der Waals surface area contributed by atoms with Crippen LogP contribution in [0.15, 0.2) is 82.7 Å². The summed E-state index contributed by atoms with van der Waals surface area (Å²) in [6.45, 7) is 0. The summed E-state index contributed by atoms with van der Waals surface area (Å²) < 4.78 is 14.1. The van der Waals surface area contributed by atoms with Crippen molar-refractivity contribution in [3.63, 3.8) is 0 Å². The maximum Gasteiger partial charge on any atom is 0.278 e. The minimum absolute atomic E-state index is 0.210. The standard InChI is InChI=1S/C24H20N6O3S/c1-32-20-13-12-17(14-21(20)33-2)30-22(16-8-4-3-5-9-16)26-27-24(30)34-15-29-23(31)18-10-6-7-11-19(18)25-28-29/h3-14H,15H2,1-2H3. The first-order chi connectivity index (χ1) is 16.7. The van der Waals surface area contributed by atoms with Crippen LogP contribution >= 0.6 is 11.8 Å². The number of aromatic nitrogens is 6. The van der Waals surface area contributed by atoms with Gasteiger partial charge in [-0.2, -0.15) is 4.68 Å². The molecule has 0 amide bonds. The highest BCUT2D eigenvalue weighted by molar-refractivity contribution is 7.98. The first-order valence-corrected chi connectivity index (χ1v) is 11.4. The fourth-order valence-electron chi connectivity index (χ4n) is 3.56. The van der Waals surface area contributed by atoms with Crippen molar-refractivity contribution in [2.24, 2.45) is 0 Å². The van der Waals surface area contributed by atoms with Gasteiger partial charge < -0.3 is 9.47 Å². The number of hydrogen-bond acceptors (Lipinski definition) is 8. The molecule has 0 aliphatic rings. The molecule has 34 heavy (non-hydrogen) atoms. The Hall–Kier alpha value is -4.18. The Kier molecular flexibility index (Phi) is 5.96. The number of benzene rings is 3. The van der Waals surface area contributed by atoms with Gasteiger partial charge in [0, 0.05) is 11.6 Å². The van der Waals surface area contributed by atoms with E-state index in [2.05, 4.69) is 20.5 Å². The van der Waals surface area contributed by atoms with E-state index in [1.54, 1.807) is 26.4 Å². The number of rotatable bonds is 7. The third-order valence-corrected chi connectivity index (χ3v) is 6.13. The van der Waals surface area contributed by atoms with E-state index in [0.717, 1.165) is 11.3 Å². The lowest BCUT2D eigenvalue weighted by molar-refractivity contribution is 0.355. The van der Waals surface area contributed by atoms with Gasteiger partial charge in [-0.3, -0.25) is 9.36 Å². The van der Waals surface area contributed by atoms with Crippen LogP contribution in [0.4, 0.5) is 0 Å². The van der Waals surface area contributed by atoms with Gasteiger partial charge in [-0.1, -0.05) is 59.4 Å². The molecule has 0 fully saturated rings. The fraction of sp³-hybridized carbons (Fsp3) is 0.125. The largest absolute Gasteiger partial charge is 0.493 e. The molecule has 0 spiro atoms. The van der Waals surface area contributed by atoms with Crippen molar-refractivity contribution >= 4 is 22.7 Å². The van der Waals surface area contributed by atoms with Gasteiger partial charge in [-0.25, -0.2) is 0 Å². The molecule has 0 bridgehead atoms. The topological polar surface area (TPSA) is 97.0 Å². The number of methoxy groups -OCH3 is 2. The monoisotopic (exact) mass is 472 g/mol. The third-order valence-electron chi connectivity index (χ3n) is 5.24. The molecule has 0 aliphatic carbocycles. The van der Waals surface area contributed by atoms with Crippen molar-refractivity contribution < 1.29 is 9.47 Å². The average Bonchev–Trinajstić information content (AvgIpc) is 3.32. The fourth-order valence-corrected chi connectivity index (χ4v) is 4.39. The van der Waals surface area contributed by atoms with Crippen molar-refractivity contribution in [1.29, 1.82) is 0 Å². The molecule has 0 saturated heterocycles. The second-order valence-electron chi connectivity index (χ2n) is 7.23. The molecule has 9 nitrogen and oxygen atoms in total. The highest BCUT2D eigenvalue weighted by atomic mass is 32.2. The molecule has 0 aliphatic heterocycles. The number of thioether (sulfide) groups is 1. The lowest BCUT2D eigenvalue weighted by Gasteiger charge is -2.14. The Balaban J connectivity index is 1.56. The molecule has 0 radical (unpaired) electrons. The molecule has 0 unspecified atom stereocenters. The van der Waals surface area contributed by atoms with E-state index < -0.39 is 0 Å². The van der Waals surface area contributed by atoms with Crippen LogP contribution < -0.4 is 15.0 Å². The molecule has 170 valence electrons. The molecule has 2 heterocycles. The van der Waals surface area contributed by atoms with Gasteiger partial charge in [0.1, 0.15) is 5.52 Å². The highest BCUT2D eigenvalue weighted by Crippen LogP contribution is 2.33. The summed E-state index contributed by atoms with van der Waals surface area (Å²) in [6.07, 6.45) is 0. The van der Waals surface area contributed by atoms with Crippen molar-refractivity contribution in [3.05, 3.63) is 83.2 Å². The summed E-state index contributed by atoms with van der Waals surface area (Å²) in [4.78, 5) is 12.9. The normalized spacial score (nSPS) is 11.0. The van der Waals surface area contributed by atoms with Crippen LogP contribution in [0.3, 0.4) is 0 Å². The summed E-state index contributed by atoms with van der Waals surface area (Å²) in [5.74, 6) is 2.08. The Morgan fingerprint density at radius 3 is 2.41 bits per heavy atom. The van der Waals surface area contributed by atoms with Crippen molar-refractivity contribution in [1.82, 2.24) is 29.8 Å². The Labute approximate surface area is 199 Å². The summed E-state index contributed by atoms with van der Waals surface area (Å²) in [5.41, 5.74) is 2.05. The molecule has 0 N–H and O–H groups in total. The predicted octanol–water partition coefficient (Wildman–Crippen LogP) is 3.81. The Bertz CT molecular complexity index is 1520. The summed E-state index contributed by atoms with van der Waals surface area (Å²) in [6, 6.07) is 22.5. The second kappa shape index (κ2) is 9.36. The first kappa shape index (κ1) is 21.7. The van der Waals surface area contributed by atoms with Gasteiger partial charge >= 0.3 is 0 Å². The smallest absolute Gasteiger partial charge is 0.278 e. The zero-order valence-corrected chi connectivity index (χ0v) is 19.3. The van der Waals surface area contributed by atoms with Gasteiger partial charge in [-0.05, 0) is 24.3 Å². The van der Waals surface area contributed by atoms with E-state index in [-0.39, 0.29) is 11.4 Å². The van der Waals surface area contributed by atoms with E-state index in [0.29, 0.717) is 33.4 Å². The van der Waals surface area contributed by atoms with Crippen LogP contribution in [0, 0.1) is 0 Å². The third kappa shape index (κ3) is 3.99. The number of nitrogens with zero attached hydrogens (tertiary/aromatic N) is 6. The molecule has 3 aromatic carbocycles. The molecule has 10 heteroatoms. The highest BCUT2D eigenvalue weighted by Gasteiger charge is 2.18. The van der Waals surface area contributed by atoms with Crippen LogP contribution in [0.5, 0.6) is 11.5 Å². The number of ether oxygens (including phenoxy) is 2. The van der Waals surface area contributed by atoms with E-state index in [1.807, 2.05) is 65.2 Å². The molecule has 5 aromatic rings. The maximum absolute atomic E-state index is 12.9. The molecule has 0 atom stereocenters. The van der Waals surface area contributed by atoms with E-state index >= 15 is 0 Å². The van der Waals surface area contributed by atoms with Crippen LogP contribution in [0.2, 0.25) is 0 Å². The van der Waals surface area contributed by atoms with Crippen LogP contribution in [0.25, 0.3) is 28.0 Å². The molecular weight excluding hydrogens is 452 g/mol. The van der Waals surface area contributed by atoms with Gasteiger partial charge in [0.2, 0.25) is 0 Å². The molecule has 5 rings (SSSR count). The van der Waals surface area contributed by atoms with Crippen LogP contribution in [-0.4, -0.2) is 44.0 Å². The maximum atomic E-state index is 12.9. The number of hydrogen-bond donors (Lipinski definition) is 0. The second-order valence-corrected chi connectivity index (χ2v) is 8.14. The summed E-state index contributed by atoms with van der Waals surface area (Å²) >= 11 is 1.33. The Morgan fingerprint density at radius 2 is 1.62 bits per heavy atom. The van der Waals surface area contributed by atoms with Crippen LogP contribution in [-0.2, 0) is 5.88 Å². The quantitative estimate of drug-likeness (QED) is 0.330. The zero-order chi connectivity index (χ0) is 23.5. The minimum Gasteiger partial charge on any atom is -0.493 e. The Morgan fingerprint density at radius 1 is 0.853 bits per heavy atom. The first-order valence-electron chi connectivity index (χ1n) is 10.4. The molecule has 0 saturated carbocycles. The van der Waals surface area contributed by atoms with Crippen molar-refractivity contribution in [2.45, 2.75) is 11.0 Å². The van der Waals surface area contributed by atoms with Gasteiger partial charge in [0.05, 0.1) is 31.2 Å². The minimum atomic E-state index is -0.210.